The van der Waals surface area contributed by atoms with Crippen LogP contribution in [0.5, 0.6) is 0 Å². The van der Waals surface area contributed by atoms with E-state index in [-0.39, 0.29) is 17.3 Å². The van der Waals surface area contributed by atoms with Gasteiger partial charge in [-0.3, -0.25) is 19.5 Å². The smallest absolute Gasteiger partial charge is 0.275 e. The fourth-order valence-corrected chi connectivity index (χ4v) is 5.66. The Kier molecular flexibility index (Phi) is 7.95. The third-order valence-corrected chi connectivity index (χ3v) is 7.92. The minimum Gasteiger partial charge on any atom is -0.447 e. The van der Waals surface area contributed by atoms with E-state index in [0.29, 0.717) is 49.4 Å². The maximum absolute atomic E-state index is 13.1. The summed E-state index contributed by atoms with van der Waals surface area (Å²) in [5.74, 6) is 1.46. The van der Waals surface area contributed by atoms with Gasteiger partial charge in [0.2, 0.25) is 5.89 Å². The van der Waals surface area contributed by atoms with Gasteiger partial charge in [0, 0.05) is 56.1 Å². The molecule has 1 aliphatic heterocycles. The predicted molar refractivity (Wildman–Crippen MR) is 158 cm³/mol. The Morgan fingerprint density at radius 2 is 1.57 bits per heavy atom. The number of carbonyl (C=O) groups excluding carboxylic acids is 1. The molecule has 0 radical (unpaired) electrons. The molecule has 2 aromatic heterocycles. The van der Waals surface area contributed by atoms with Crippen LogP contribution in [-0.2, 0) is 12.2 Å². The Morgan fingerprint density at radius 3 is 2.26 bits per heavy atom. The van der Waals surface area contributed by atoms with Crippen LogP contribution in [0.4, 0.5) is 11.4 Å². The molecule has 11 nitrogen and oxygen atoms in total. The minimum atomic E-state index is -0.414. The number of hydrogen-bond acceptors (Lipinski definition) is 9. The molecule has 0 aliphatic carbocycles. The average Bonchev–Trinajstić information content (AvgIpc) is 3.68. The van der Waals surface area contributed by atoms with Crippen LogP contribution in [0.15, 0.2) is 101 Å². The number of hydrogen-bond donors (Lipinski definition) is 0. The lowest BCUT2D eigenvalue weighted by Gasteiger charge is -2.35. The molecular formula is C30H27N7O4S. The summed E-state index contributed by atoms with van der Waals surface area (Å²) in [4.78, 5) is 32.0. The Balaban J connectivity index is 1.09. The SMILES string of the molecule is O=C(c1coc(CSc2nnc(Cc3ccccc3)n2-c2ccccc2)n1)N1CCN(c2ccc([N+](=O)[O-])cc2)CC1. The van der Waals surface area contributed by atoms with Gasteiger partial charge in [0.1, 0.15) is 12.1 Å². The minimum absolute atomic E-state index is 0.0560. The number of oxazole rings is 1. The third-order valence-electron chi connectivity index (χ3n) is 7.01. The number of piperazine rings is 1. The van der Waals surface area contributed by atoms with Crippen molar-refractivity contribution in [1.82, 2.24) is 24.6 Å². The first-order valence-electron chi connectivity index (χ1n) is 13.4. The molecule has 0 bridgehead atoms. The van der Waals surface area contributed by atoms with Gasteiger partial charge in [0.25, 0.3) is 11.6 Å². The normalized spacial score (nSPS) is 13.3. The van der Waals surface area contributed by atoms with Gasteiger partial charge in [-0.1, -0.05) is 60.3 Å². The number of para-hydroxylation sites is 1. The number of nitro groups is 1. The number of carbonyl (C=O) groups is 1. The summed E-state index contributed by atoms with van der Waals surface area (Å²) < 4.78 is 7.70. The van der Waals surface area contributed by atoms with Crippen LogP contribution < -0.4 is 4.90 Å². The molecule has 0 unspecified atom stereocenters. The third kappa shape index (κ3) is 6.03. The molecule has 0 atom stereocenters. The molecule has 42 heavy (non-hydrogen) atoms. The van der Waals surface area contributed by atoms with Gasteiger partial charge in [-0.25, -0.2) is 4.98 Å². The number of nitro benzene ring substituents is 1. The average molecular weight is 582 g/mol. The molecule has 5 aromatic rings. The van der Waals surface area contributed by atoms with Crippen LogP contribution in [0, 0.1) is 10.1 Å². The highest BCUT2D eigenvalue weighted by molar-refractivity contribution is 7.98. The number of anilines is 1. The first kappa shape index (κ1) is 27.2. The van der Waals surface area contributed by atoms with Crippen molar-refractivity contribution in [2.24, 2.45) is 0 Å². The van der Waals surface area contributed by atoms with Gasteiger partial charge in [0.05, 0.1) is 10.7 Å². The second kappa shape index (κ2) is 12.3. The zero-order chi connectivity index (χ0) is 28.9. The summed E-state index contributed by atoms with van der Waals surface area (Å²) in [6.45, 7) is 2.25. The lowest BCUT2D eigenvalue weighted by atomic mass is 10.1. The van der Waals surface area contributed by atoms with E-state index in [1.54, 1.807) is 17.0 Å². The maximum Gasteiger partial charge on any atom is 0.275 e. The largest absolute Gasteiger partial charge is 0.447 e. The molecule has 1 saturated heterocycles. The zero-order valence-corrected chi connectivity index (χ0v) is 23.4. The number of rotatable bonds is 9. The van der Waals surface area contributed by atoms with E-state index in [2.05, 4.69) is 32.2 Å². The fraction of sp³-hybridized carbons (Fsp3) is 0.200. The highest BCUT2D eigenvalue weighted by atomic mass is 32.2. The van der Waals surface area contributed by atoms with E-state index in [9.17, 15) is 14.9 Å². The lowest BCUT2D eigenvalue weighted by Crippen LogP contribution is -2.48. The zero-order valence-electron chi connectivity index (χ0n) is 22.6. The number of benzene rings is 3. The van der Waals surface area contributed by atoms with Crippen molar-refractivity contribution in [3.63, 3.8) is 0 Å². The molecule has 12 heteroatoms. The summed E-state index contributed by atoms with van der Waals surface area (Å²) in [7, 11) is 0. The van der Waals surface area contributed by atoms with Gasteiger partial charge in [-0.15, -0.1) is 10.2 Å². The van der Waals surface area contributed by atoms with Crippen LogP contribution in [0.25, 0.3) is 5.69 Å². The van der Waals surface area contributed by atoms with Crippen LogP contribution in [0.2, 0.25) is 0 Å². The van der Waals surface area contributed by atoms with Gasteiger partial charge in [-0.2, -0.15) is 0 Å². The van der Waals surface area contributed by atoms with Gasteiger partial charge in [0.15, 0.2) is 10.9 Å². The van der Waals surface area contributed by atoms with Crippen molar-refractivity contribution < 1.29 is 14.1 Å². The van der Waals surface area contributed by atoms with Crippen molar-refractivity contribution >= 4 is 29.0 Å². The topological polar surface area (TPSA) is 123 Å². The van der Waals surface area contributed by atoms with Gasteiger partial charge < -0.3 is 14.2 Å². The predicted octanol–water partition coefficient (Wildman–Crippen LogP) is 5.01. The molecule has 0 N–H and O–H groups in total. The fourth-order valence-electron chi connectivity index (χ4n) is 4.84. The monoisotopic (exact) mass is 581 g/mol. The highest BCUT2D eigenvalue weighted by Gasteiger charge is 2.25. The number of non-ortho nitro benzene ring substituents is 1. The van der Waals surface area contributed by atoms with Gasteiger partial charge in [-0.05, 0) is 29.8 Å². The van der Waals surface area contributed by atoms with E-state index in [1.807, 2.05) is 53.1 Å². The molecule has 0 spiro atoms. The van der Waals surface area contributed by atoms with Crippen LogP contribution in [-0.4, -0.2) is 61.7 Å². The molecule has 6 rings (SSSR count). The van der Waals surface area contributed by atoms with E-state index in [4.69, 9.17) is 4.42 Å². The van der Waals surface area contributed by atoms with Crippen molar-refractivity contribution in [2.45, 2.75) is 17.3 Å². The lowest BCUT2D eigenvalue weighted by molar-refractivity contribution is -0.384. The van der Waals surface area contributed by atoms with Gasteiger partial charge >= 0.3 is 0 Å². The molecule has 212 valence electrons. The first-order valence-corrected chi connectivity index (χ1v) is 14.4. The molecule has 3 aromatic carbocycles. The van der Waals surface area contributed by atoms with E-state index in [1.165, 1.54) is 30.2 Å². The van der Waals surface area contributed by atoms with Crippen molar-refractivity contribution in [2.75, 3.05) is 31.1 Å². The Bertz CT molecular complexity index is 1670. The molecule has 3 heterocycles. The highest BCUT2D eigenvalue weighted by Crippen LogP contribution is 2.27. The standard InChI is InChI=1S/C30H27N7O4S/c38-29(35-17-15-34(16-18-35)23-11-13-25(14-12-23)37(39)40)26-20-41-28(31-26)21-42-30-33-32-27(19-22-7-3-1-4-8-22)36(30)24-9-5-2-6-10-24/h1-14,20H,15-19,21H2. The maximum atomic E-state index is 13.1. The summed E-state index contributed by atoms with van der Waals surface area (Å²) in [5, 5.41) is 20.6. The number of nitrogens with zero attached hydrogens (tertiary/aromatic N) is 7. The Hall–Kier alpha value is -4.97. The molecular weight excluding hydrogens is 554 g/mol. The quantitative estimate of drug-likeness (QED) is 0.134. The Morgan fingerprint density at radius 1 is 0.881 bits per heavy atom. The van der Waals surface area contributed by atoms with E-state index >= 15 is 0 Å². The first-order chi connectivity index (χ1) is 20.5. The van der Waals surface area contributed by atoms with Crippen molar-refractivity contribution in [3.05, 3.63) is 124 Å². The van der Waals surface area contributed by atoms with Crippen LogP contribution in [0.1, 0.15) is 27.8 Å². The second-order valence-electron chi connectivity index (χ2n) is 9.70. The summed E-state index contributed by atoms with van der Waals surface area (Å²) in [5.41, 5.74) is 3.32. The Labute approximate surface area is 246 Å². The number of thioether (sulfide) groups is 1. The number of amides is 1. The molecule has 1 fully saturated rings. The summed E-state index contributed by atoms with van der Waals surface area (Å²) >= 11 is 1.45. The number of aromatic nitrogens is 4. The van der Waals surface area contributed by atoms with Crippen molar-refractivity contribution in [1.29, 1.82) is 0 Å². The summed E-state index contributed by atoms with van der Waals surface area (Å²) in [6.07, 6.45) is 2.04. The molecule has 1 amide bonds. The summed E-state index contributed by atoms with van der Waals surface area (Å²) in [6, 6.07) is 26.6. The van der Waals surface area contributed by atoms with Crippen molar-refractivity contribution in [3.8, 4) is 5.69 Å². The van der Waals surface area contributed by atoms with Crippen LogP contribution in [0.3, 0.4) is 0 Å². The molecule has 0 saturated carbocycles. The van der Waals surface area contributed by atoms with Crippen LogP contribution >= 0.6 is 11.8 Å². The van der Waals surface area contributed by atoms with E-state index in [0.717, 1.165) is 22.8 Å². The second-order valence-corrected chi connectivity index (χ2v) is 10.6. The van der Waals surface area contributed by atoms with E-state index < -0.39 is 4.92 Å². The molecule has 1 aliphatic rings.